The average molecular weight is 307 g/mol. The highest BCUT2D eigenvalue weighted by molar-refractivity contribution is 7.92. The van der Waals surface area contributed by atoms with Crippen LogP contribution in [0.2, 0.25) is 5.02 Å². The highest BCUT2D eigenvalue weighted by Gasteiger charge is 2.23. The van der Waals surface area contributed by atoms with Gasteiger partial charge in [-0.15, -0.1) is 0 Å². The molecule has 0 unspecified atom stereocenters. The van der Waals surface area contributed by atoms with Gasteiger partial charge in [0.25, 0.3) is 10.0 Å². The fraction of sp³-hybridized carbons (Fsp3) is 0.0714. The summed E-state index contributed by atoms with van der Waals surface area (Å²) >= 11 is 5.82. The van der Waals surface area contributed by atoms with Gasteiger partial charge in [0, 0.05) is 12.1 Å². The Labute approximate surface area is 122 Å². The largest absolute Gasteiger partial charge is 0.268 e. The minimum absolute atomic E-state index is 0.0836. The fourth-order valence-corrected chi connectivity index (χ4v) is 3.27. The van der Waals surface area contributed by atoms with Gasteiger partial charge in [-0.25, -0.2) is 8.42 Å². The lowest BCUT2D eigenvalue weighted by Crippen LogP contribution is -2.27. The molecule has 0 atom stereocenters. The smallest absolute Gasteiger partial charge is 0.264 e. The van der Waals surface area contributed by atoms with E-state index < -0.39 is 10.0 Å². The number of nitrogens with zero attached hydrogens (tertiary/aromatic N) is 2. The summed E-state index contributed by atoms with van der Waals surface area (Å²) in [6.45, 7) is 0. The molecular weight excluding hydrogens is 296 g/mol. The Bertz CT molecular complexity index is 782. The van der Waals surface area contributed by atoms with E-state index in [1.54, 1.807) is 36.4 Å². The molecule has 102 valence electrons. The topological polar surface area (TPSA) is 61.2 Å². The SMILES string of the molecule is CN(c1ccccc1C#N)S(=O)(=O)c1cccc(Cl)c1. The predicted molar refractivity (Wildman–Crippen MR) is 78.2 cm³/mol. The van der Waals surface area contributed by atoms with E-state index in [0.717, 1.165) is 4.31 Å². The van der Waals surface area contributed by atoms with Crippen LogP contribution < -0.4 is 4.31 Å². The van der Waals surface area contributed by atoms with Gasteiger partial charge in [0.05, 0.1) is 16.1 Å². The first-order valence-corrected chi connectivity index (χ1v) is 7.52. The molecule has 0 aromatic heterocycles. The van der Waals surface area contributed by atoms with Gasteiger partial charge in [0.1, 0.15) is 6.07 Å². The first kappa shape index (κ1) is 14.4. The molecular formula is C14H11ClN2O2S. The summed E-state index contributed by atoms with van der Waals surface area (Å²) in [7, 11) is -2.34. The molecule has 0 aliphatic heterocycles. The maximum Gasteiger partial charge on any atom is 0.264 e. The van der Waals surface area contributed by atoms with E-state index in [4.69, 9.17) is 16.9 Å². The van der Waals surface area contributed by atoms with Crippen LogP contribution in [0.3, 0.4) is 0 Å². The summed E-state index contributed by atoms with van der Waals surface area (Å²) in [6.07, 6.45) is 0. The molecule has 4 nitrogen and oxygen atoms in total. The monoisotopic (exact) mass is 306 g/mol. The normalized spacial score (nSPS) is 10.8. The molecule has 0 amide bonds. The lowest BCUT2D eigenvalue weighted by atomic mass is 10.2. The van der Waals surface area contributed by atoms with Gasteiger partial charge in [0.2, 0.25) is 0 Å². The van der Waals surface area contributed by atoms with Crippen molar-refractivity contribution >= 4 is 27.3 Å². The highest BCUT2D eigenvalue weighted by atomic mass is 35.5. The Kier molecular flexibility index (Phi) is 3.98. The lowest BCUT2D eigenvalue weighted by molar-refractivity contribution is 0.594. The quantitative estimate of drug-likeness (QED) is 0.875. The van der Waals surface area contributed by atoms with Crippen molar-refractivity contribution in [3.63, 3.8) is 0 Å². The van der Waals surface area contributed by atoms with E-state index in [1.165, 1.54) is 19.2 Å². The van der Waals surface area contributed by atoms with Crippen molar-refractivity contribution in [3.8, 4) is 6.07 Å². The zero-order chi connectivity index (χ0) is 14.8. The molecule has 0 bridgehead atoms. The molecule has 20 heavy (non-hydrogen) atoms. The van der Waals surface area contributed by atoms with Gasteiger partial charge in [-0.2, -0.15) is 5.26 Å². The molecule has 0 radical (unpaired) electrons. The van der Waals surface area contributed by atoms with Gasteiger partial charge in [-0.3, -0.25) is 4.31 Å². The van der Waals surface area contributed by atoms with Crippen LogP contribution in [0, 0.1) is 11.3 Å². The van der Waals surface area contributed by atoms with Crippen molar-refractivity contribution in [2.75, 3.05) is 11.4 Å². The molecule has 2 aromatic rings. The molecule has 0 saturated carbocycles. The van der Waals surface area contributed by atoms with E-state index in [0.29, 0.717) is 16.3 Å². The minimum atomic E-state index is -3.75. The van der Waals surface area contributed by atoms with Crippen LogP contribution >= 0.6 is 11.6 Å². The van der Waals surface area contributed by atoms with Gasteiger partial charge in [-0.1, -0.05) is 29.8 Å². The van der Waals surface area contributed by atoms with Gasteiger partial charge < -0.3 is 0 Å². The van der Waals surface area contributed by atoms with Crippen LogP contribution in [0.15, 0.2) is 53.4 Å². The number of hydrogen-bond donors (Lipinski definition) is 0. The number of para-hydroxylation sites is 1. The molecule has 2 aromatic carbocycles. The zero-order valence-corrected chi connectivity index (χ0v) is 12.2. The van der Waals surface area contributed by atoms with Crippen molar-refractivity contribution in [2.24, 2.45) is 0 Å². The van der Waals surface area contributed by atoms with Crippen LogP contribution in [0.5, 0.6) is 0 Å². The third-order valence-corrected chi connectivity index (χ3v) is 4.82. The summed E-state index contributed by atoms with van der Waals surface area (Å²) in [4.78, 5) is 0.0836. The number of halogens is 1. The van der Waals surface area contributed by atoms with E-state index >= 15 is 0 Å². The van der Waals surface area contributed by atoms with Gasteiger partial charge in [0.15, 0.2) is 0 Å². The third-order valence-electron chi connectivity index (χ3n) is 2.82. The average Bonchev–Trinajstić information content (AvgIpc) is 2.46. The highest BCUT2D eigenvalue weighted by Crippen LogP contribution is 2.26. The number of hydrogen-bond acceptors (Lipinski definition) is 3. The Morgan fingerprint density at radius 2 is 1.85 bits per heavy atom. The Hall–Kier alpha value is -2.03. The Morgan fingerprint density at radius 1 is 1.15 bits per heavy atom. The first-order chi connectivity index (χ1) is 9.46. The third kappa shape index (κ3) is 2.62. The van der Waals surface area contributed by atoms with E-state index in [1.807, 2.05) is 6.07 Å². The minimum Gasteiger partial charge on any atom is -0.268 e. The number of nitriles is 1. The van der Waals surface area contributed by atoms with E-state index in [-0.39, 0.29) is 4.90 Å². The maximum absolute atomic E-state index is 12.5. The van der Waals surface area contributed by atoms with Crippen molar-refractivity contribution in [1.82, 2.24) is 0 Å². The first-order valence-electron chi connectivity index (χ1n) is 5.70. The van der Waals surface area contributed by atoms with Crippen molar-refractivity contribution in [2.45, 2.75) is 4.90 Å². The summed E-state index contributed by atoms with van der Waals surface area (Å²) in [5, 5.41) is 9.40. The number of benzene rings is 2. The Morgan fingerprint density at radius 3 is 2.50 bits per heavy atom. The zero-order valence-electron chi connectivity index (χ0n) is 10.6. The predicted octanol–water partition coefficient (Wildman–Crippen LogP) is 3.04. The molecule has 0 aliphatic carbocycles. The van der Waals surface area contributed by atoms with Gasteiger partial charge in [-0.05, 0) is 30.3 Å². The van der Waals surface area contributed by atoms with Crippen molar-refractivity contribution in [3.05, 3.63) is 59.1 Å². The number of sulfonamides is 1. The molecule has 0 spiro atoms. The second-order valence-electron chi connectivity index (χ2n) is 4.06. The van der Waals surface area contributed by atoms with Gasteiger partial charge >= 0.3 is 0 Å². The van der Waals surface area contributed by atoms with Crippen molar-refractivity contribution in [1.29, 1.82) is 5.26 Å². The molecule has 2 rings (SSSR count). The summed E-state index contributed by atoms with van der Waals surface area (Å²) in [5.41, 5.74) is 0.621. The molecule has 0 saturated heterocycles. The summed E-state index contributed by atoms with van der Waals surface area (Å²) in [6, 6.07) is 14.5. The van der Waals surface area contributed by atoms with Crippen LogP contribution in [0.4, 0.5) is 5.69 Å². The standard InChI is InChI=1S/C14H11ClN2O2S/c1-17(14-8-3-2-5-11(14)10-16)20(18,19)13-7-4-6-12(15)9-13/h2-9H,1H3. The van der Waals surface area contributed by atoms with Crippen molar-refractivity contribution < 1.29 is 8.42 Å². The molecule has 0 heterocycles. The second kappa shape index (κ2) is 5.53. The number of anilines is 1. The summed E-state index contributed by atoms with van der Waals surface area (Å²) in [5.74, 6) is 0. The lowest BCUT2D eigenvalue weighted by Gasteiger charge is -2.20. The fourth-order valence-electron chi connectivity index (χ4n) is 1.76. The molecule has 0 fully saturated rings. The maximum atomic E-state index is 12.5. The number of rotatable bonds is 3. The Balaban J connectivity index is 2.52. The van der Waals surface area contributed by atoms with Crippen LogP contribution in [-0.2, 0) is 10.0 Å². The van der Waals surface area contributed by atoms with Crippen LogP contribution in [0.25, 0.3) is 0 Å². The van der Waals surface area contributed by atoms with E-state index in [2.05, 4.69) is 0 Å². The second-order valence-corrected chi connectivity index (χ2v) is 6.46. The summed E-state index contributed by atoms with van der Waals surface area (Å²) < 4.78 is 26.1. The van der Waals surface area contributed by atoms with Crippen LogP contribution in [0.1, 0.15) is 5.56 Å². The van der Waals surface area contributed by atoms with E-state index in [9.17, 15) is 8.42 Å². The van der Waals surface area contributed by atoms with Crippen LogP contribution in [-0.4, -0.2) is 15.5 Å². The molecule has 6 heteroatoms. The molecule has 0 N–H and O–H groups in total. The molecule has 0 aliphatic rings.